The van der Waals surface area contributed by atoms with Crippen LogP contribution in [-0.2, 0) is 12.8 Å². The molecule has 0 N–H and O–H groups in total. The van der Waals surface area contributed by atoms with Crippen LogP contribution in [0.5, 0.6) is 0 Å². The second-order valence-electron chi connectivity index (χ2n) is 8.42. The molecule has 0 aromatic heterocycles. The molecule has 0 aliphatic heterocycles. The van der Waals surface area contributed by atoms with Crippen molar-refractivity contribution >= 4 is 0 Å². The zero-order chi connectivity index (χ0) is 19.8. The fourth-order valence-electron chi connectivity index (χ4n) is 4.61. The topological polar surface area (TPSA) is 0 Å². The van der Waals surface area contributed by atoms with Gasteiger partial charge in [-0.2, -0.15) is 0 Å². The molecule has 27 heavy (non-hydrogen) atoms. The van der Waals surface area contributed by atoms with Crippen molar-refractivity contribution in [3.8, 4) is 0 Å². The van der Waals surface area contributed by atoms with Crippen LogP contribution >= 0.6 is 0 Å². The predicted octanol–water partition coefficient (Wildman–Crippen LogP) is 8.33. The van der Waals surface area contributed by atoms with Gasteiger partial charge in [0.25, 0.3) is 0 Å². The first-order valence-electron chi connectivity index (χ1n) is 11.2. The lowest BCUT2D eigenvalue weighted by Crippen LogP contribution is -2.24. The SMILES string of the molecule is C=C(C)CCCCCCc1ccc2c(c1)CC(=C)C1CCC(C)=CC21.CC. The Hall–Kier alpha value is -1.56. The number of hydrogen-bond donors (Lipinski definition) is 0. The molecule has 1 aromatic rings. The number of rotatable bonds is 7. The van der Waals surface area contributed by atoms with Gasteiger partial charge >= 0.3 is 0 Å². The molecule has 3 rings (SSSR count). The molecule has 2 aliphatic carbocycles. The number of aryl methyl sites for hydroxylation is 1. The molecule has 2 unspecified atom stereocenters. The van der Waals surface area contributed by atoms with E-state index >= 15 is 0 Å². The average Bonchev–Trinajstić information content (AvgIpc) is 2.65. The minimum Gasteiger partial charge on any atom is -0.100 e. The quantitative estimate of drug-likeness (QED) is 0.337. The Balaban J connectivity index is 0.00000126. The lowest BCUT2D eigenvalue weighted by Gasteiger charge is -2.37. The van der Waals surface area contributed by atoms with Crippen molar-refractivity contribution in [2.75, 3.05) is 0 Å². The molecule has 0 saturated heterocycles. The zero-order valence-corrected chi connectivity index (χ0v) is 18.2. The summed E-state index contributed by atoms with van der Waals surface area (Å²) in [7, 11) is 0. The van der Waals surface area contributed by atoms with Crippen LogP contribution in [0, 0.1) is 5.92 Å². The smallest absolute Gasteiger partial charge is 0.00890 e. The highest BCUT2D eigenvalue weighted by molar-refractivity contribution is 5.45. The van der Waals surface area contributed by atoms with E-state index in [9.17, 15) is 0 Å². The summed E-state index contributed by atoms with van der Waals surface area (Å²) >= 11 is 0. The molecule has 0 heterocycles. The van der Waals surface area contributed by atoms with Gasteiger partial charge in [0, 0.05) is 5.92 Å². The van der Waals surface area contributed by atoms with Crippen molar-refractivity contribution in [3.05, 3.63) is 70.8 Å². The van der Waals surface area contributed by atoms with Gasteiger partial charge < -0.3 is 0 Å². The van der Waals surface area contributed by atoms with Crippen molar-refractivity contribution in [1.29, 1.82) is 0 Å². The van der Waals surface area contributed by atoms with E-state index < -0.39 is 0 Å². The predicted molar refractivity (Wildman–Crippen MR) is 121 cm³/mol. The fourth-order valence-corrected chi connectivity index (χ4v) is 4.61. The first-order valence-corrected chi connectivity index (χ1v) is 11.2. The molecule has 2 atom stereocenters. The Morgan fingerprint density at radius 1 is 1.11 bits per heavy atom. The molecular formula is C27H40. The van der Waals surface area contributed by atoms with Crippen molar-refractivity contribution in [1.82, 2.24) is 0 Å². The maximum Gasteiger partial charge on any atom is 0.00890 e. The van der Waals surface area contributed by atoms with Crippen LogP contribution in [0.2, 0.25) is 0 Å². The third-order valence-corrected chi connectivity index (χ3v) is 6.07. The Labute approximate surface area is 168 Å². The summed E-state index contributed by atoms with van der Waals surface area (Å²) in [5, 5.41) is 0. The van der Waals surface area contributed by atoms with Gasteiger partial charge in [0.1, 0.15) is 0 Å². The van der Waals surface area contributed by atoms with Crippen LogP contribution < -0.4 is 0 Å². The summed E-state index contributed by atoms with van der Waals surface area (Å²) in [5.41, 5.74) is 8.96. The lowest BCUT2D eigenvalue weighted by atomic mass is 9.67. The number of fused-ring (bicyclic) bond motifs is 3. The summed E-state index contributed by atoms with van der Waals surface area (Å²) in [5.74, 6) is 1.26. The first-order chi connectivity index (χ1) is 13.0. The van der Waals surface area contributed by atoms with Gasteiger partial charge in [-0.25, -0.2) is 0 Å². The largest absolute Gasteiger partial charge is 0.100 e. The van der Waals surface area contributed by atoms with Crippen LogP contribution in [0.4, 0.5) is 0 Å². The summed E-state index contributed by atoms with van der Waals surface area (Å²) in [6, 6.07) is 7.28. The number of benzene rings is 1. The van der Waals surface area contributed by atoms with Gasteiger partial charge in [0.2, 0.25) is 0 Å². The molecule has 0 fully saturated rings. The summed E-state index contributed by atoms with van der Waals surface area (Å²) in [6.45, 7) is 16.8. The van der Waals surface area contributed by atoms with Gasteiger partial charge in [-0.15, -0.1) is 6.58 Å². The Bertz CT molecular complexity index is 673. The van der Waals surface area contributed by atoms with Crippen molar-refractivity contribution in [2.45, 2.75) is 91.4 Å². The summed E-state index contributed by atoms with van der Waals surface area (Å²) in [4.78, 5) is 0. The van der Waals surface area contributed by atoms with E-state index in [4.69, 9.17) is 0 Å². The monoisotopic (exact) mass is 364 g/mol. The van der Waals surface area contributed by atoms with Gasteiger partial charge in [0.05, 0.1) is 0 Å². The van der Waals surface area contributed by atoms with E-state index in [0.717, 1.165) is 6.42 Å². The molecule has 0 bridgehead atoms. The number of unbranched alkanes of at least 4 members (excludes halogenated alkanes) is 3. The molecule has 0 amide bonds. The van der Waals surface area contributed by atoms with Crippen LogP contribution in [0.1, 0.15) is 95.2 Å². The van der Waals surface area contributed by atoms with E-state index in [-0.39, 0.29) is 0 Å². The normalized spacial score (nSPS) is 20.7. The van der Waals surface area contributed by atoms with E-state index in [2.05, 4.69) is 51.3 Å². The average molecular weight is 365 g/mol. The zero-order valence-electron chi connectivity index (χ0n) is 18.2. The molecular weight excluding hydrogens is 324 g/mol. The molecule has 148 valence electrons. The van der Waals surface area contributed by atoms with Crippen molar-refractivity contribution in [2.24, 2.45) is 5.92 Å². The van der Waals surface area contributed by atoms with E-state index in [1.165, 1.54) is 73.6 Å². The molecule has 1 aromatic carbocycles. The van der Waals surface area contributed by atoms with Crippen LogP contribution in [0.25, 0.3) is 0 Å². The third-order valence-electron chi connectivity index (χ3n) is 6.07. The highest BCUT2D eigenvalue weighted by Crippen LogP contribution is 2.45. The maximum absolute atomic E-state index is 4.43. The van der Waals surface area contributed by atoms with Gasteiger partial charge in [0.15, 0.2) is 0 Å². The minimum absolute atomic E-state index is 0.584. The molecule has 0 radical (unpaired) electrons. The number of hydrogen-bond acceptors (Lipinski definition) is 0. The van der Waals surface area contributed by atoms with Crippen molar-refractivity contribution < 1.29 is 0 Å². The van der Waals surface area contributed by atoms with Crippen LogP contribution in [0.3, 0.4) is 0 Å². The van der Waals surface area contributed by atoms with Crippen LogP contribution in [0.15, 0.2) is 54.2 Å². The van der Waals surface area contributed by atoms with Crippen molar-refractivity contribution in [3.63, 3.8) is 0 Å². The fraction of sp³-hybridized carbons (Fsp3) is 0.556. The lowest BCUT2D eigenvalue weighted by molar-refractivity contribution is 0.458. The maximum atomic E-state index is 4.43. The molecule has 0 nitrogen and oxygen atoms in total. The third kappa shape index (κ3) is 5.96. The molecule has 0 heteroatoms. The molecule has 2 aliphatic rings. The highest BCUT2D eigenvalue weighted by atomic mass is 14.4. The Morgan fingerprint density at radius 3 is 2.59 bits per heavy atom. The first kappa shape index (κ1) is 21.7. The molecule has 0 spiro atoms. The summed E-state index contributed by atoms with van der Waals surface area (Å²) in [6.07, 6.45) is 13.8. The Kier molecular flexibility index (Phi) is 8.61. The van der Waals surface area contributed by atoms with Gasteiger partial charge in [-0.3, -0.25) is 0 Å². The van der Waals surface area contributed by atoms with E-state index in [0.29, 0.717) is 11.8 Å². The van der Waals surface area contributed by atoms with Crippen LogP contribution in [-0.4, -0.2) is 0 Å². The minimum atomic E-state index is 0.584. The van der Waals surface area contributed by atoms with E-state index in [1.54, 1.807) is 11.1 Å². The van der Waals surface area contributed by atoms with E-state index in [1.807, 2.05) is 13.8 Å². The summed E-state index contributed by atoms with van der Waals surface area (Å²) < 4.78 is 0. The second kappa shape index (κ2) is 10.7. The van der Waals surface area contributed by atoms with Gasteiger partial charge in [-0.1, -0.05) is 74.3 Å². The Morgan fingerprint density at radius 2 is 1.85 bits per heavy atom. The molecule has 0 saturated carbocycles. The standard InChI is InChI=1S/C25H34.C2H6/c1-18(2)9-7-5-6-8-10-21-12-14-24-22(17-21)16-20(4)23-13-11-19(3)15-25(23)24;1-2/h12,14-15,17,23,25H,1,4-11,13,16H2,2-3H3;1-2H3. The number of allylic oxidation sites excluding steroid dienone is 4. The van der Waals surface area contributed by atoms with Gasteiger partial charge in [-0.05, 0) is 81.4 Å². The second-order valence-corrected chi connectivity index (χ2v) is 8.42. The highest BCUT2D eigenvalue weighted by Gasteiger charge is 2.32.